The number of carboxylic acids is 1. The summed E-state index contributed by atoms with van der Waals surface area (Å²) in [6, 6.07) is 2.83. The number of nitrogens with one attached hydrogen (secondary N) is 1. The molecule has 0 aliphatic rings. The van der Waals surface area contributed by atoms with Crippen LogP contribution in [0.5, 0.6) is 0 Å². The second-order valence-corrected chi connectivity index (χ2v) is 5.63. The van der Waals surface area contributed by atoms with Gasteiger partial charge in [-0.15, -0.1) is 0 Å². The number of hydrogen-bond donors (Lipinski definition) is 2. The molecule has 8 heteroatoms. The van der Waals surface area contributed by atoms with Gasteiger partial charge in [0.2, 0.25) is 10.0 Å². The molecule has 2 N–H and O–H groups in total. The van der Waals surface area contributed by atoms with Crippen LogP contribution in [0.4, 0.5) is 0 Å². The average Bonchev–Trinajstić information content (AvgIpc) is 2.28. The van der Waals surface area contributed by atoms with E-state index in [0.29, 0.717) is 12.8 Å². The minimum atomic E-state index is -3.68. The summed E-state index contributed by atoms with van der Waals surface area (Å²) in [5.74, 6) is -0.895. The predicted molar refractivity (Wildman–Crippen MR) is 65.9 cm³/mol. The molecule has 0 fully saturated rings. The SMILES string of the molecule is O=C(O)CCCCNS(=O)(=O)c1cccnc1Cl. The van der Waals surface area contributed by atoms with Crippen LogP contribution in [0.25, 0.3) is 0 Å². The molecule has 0 aliphatic heterocycles. The maximum atomic E-state index is 11.8. The monoisotopic (exact) mass is 292 g/mol. The molecule has 0 aliphatic carbocycles. The first-order valence-corrected chi connectivity index (χ1v) is 7.11. The molecule has 1 aromatic rings. The van der Waals surface area contributed by atoms with Crippen molar-refractivity contribution in [1.29, 1.82) is 0 Å². The molecule has 0 saturated carbocycles. The Kier molecular flexibility index (Phi) is 5.52. The molecular formula is C10H13ClN2O4S. The van der Waals surface area contributed by atoms with Gasteiger partial charge in [-0.05, 0) is 25.0 Å². The first kappa shape index (κ1) is 14.9. The largest absolute Gasteiger partial charge is 0.481 e. The fourth-order valence-electron chi connectivity index (χ4n) is 1.26. The van der Waals surface area contributed by atoms with Gasteiger partial charge in [0.25, 0.3) is 0 Å². The first-order chi connectivity index (χ1) is 8.43. The van der Waals surface area contributed by atoms with Gasteiger partial charge in [-0.2, -0.15) is 0 Å². The van der Waals surface area contributed by atoms with Gasteiger partial charge in [0.05, 0.1) is 0 Å². The second kappa shape index (κ2) is 6.67. The number of carboxylic acid groups (broad SMARTS) is 1. The molecule has 0 bridgehead atoms. The van der Waals surface area contributed by atoms with Gasteiger partial charge in [0.1, 0.15) is 10.0 Å². The molecule has 0 aromatic carbocycles. The fraction of sp³-hybridized carbons (Fsp3) is 0.400. The summed E-state index contributed by atoms with van der Waals surface area (Å²) in [5.41, 5.74) is 0. The van der Waals surface area contributed by atoms with E-state index in [0.717, 1.165) is 0 Å². The summed E-state index contributed by atoms with van der Waals surface area (Å²) in [5, 5.41) is 8.34. The Labute approximate surface area is 110 Å². The first-order valence-electron chi connectivity index (χ1n) is 5.25. The summed E-state index contributed by atoms with van der Waals surface area (Å²) in [7, 11) is -3.68. The van der Waals surface area contributed by atoms with Crippen molar-refractivity contribution in [1.82, 2.24) is 9.71 Å². The van der Waals surface area contributed by atoms with E-state index in [1.165, 1.54) is 18.3 Å². The zero-order valence-electron chi connectivity index (χ0n) is 9.47. The van der Waals surface area contributed by atoms with Crippen LogP contribution in [0.2, 0.25) is 5.15 Å². The van der Waals surface area contributed by atoms with Gasteiger partial charge in [-0.1, -0.05) is 11.6 Å². The van der Waals surface area contributed by atoms with Crippen molar-refractivity contribution in [3.63, 3.8) is 0 Å². The summed E-state index contributed by atoms with van der Waals surface area (Å²) in [6.07, 6.45) is 2.28. The number of nitrogens with zero attached hydrogens (tertiary/aromatic N) is 1. The Morgan fingerprint density at radius 3 is 2.78 bits per heavy atom. The van der Waals surface area contributed by atoms with E-state index in [9.17, 15) is 13.2 Å². The zero-order valence-corrected chi connectivity index (χ0v) is 11.0. The van der Waals surface area contributed by atoms with E-state index in [4.69, 9.17) is 16.7 Å². The lowest BCUT2D eigenvalue weighted by Crippen LogP contribution is -2.25. The van der Waals surface area contributed by atoms with Crippen molar-refractivity contribution >= 4 is 27.6 Å². The van der Waals surface area contributed by atoms with Crippen molar-refractivity contribution in [2.75, 3.05) is 6.54 Å². The molecule has 0 amide bonds. The van der Waals surface area contributed by atoms with Crippen molar-refractivity contribution in [2.24, 2.45) is 0 Å². The second-order valence-electron chi connectivity index (χ2n) is 3.54. The summed E-state index contributed by atoms with van der Waals surface area (Å²) in [4.78, 5) is 13.9. The maximum Gasteiger partial charge on any atom is 0.303 e. The van der Waals surface area contributed by atoms with Crippen LogP contribution in [-0.2, 0) is 14.8 Å². The minimum absolute atomic E-state index is 0.0232. The van der Waals surface area contributed by atoms with Crippen LogP contribution in [0.3, 0.4) is 0 Å². The molecule has 0 saturated heterocycles. The maximum absolute atomic E-state index is 11.8. The van der Waals surface area contributed by atoms with E-state index >= 15 is 0 Å². The van der Waals surface area contributed by atoms with Crippen molar-refractivity contribution in [3.8, 4) is 0 Å². The highest BCUT2D eigenvalue weighted by molar-refractivity contribution is 7.89. The average molecular weight is 293 g/mol. The Morgan fingerprint density at radius 1 is 1.44 bits per heavy atom. The minimum Gasteiger partial charge on any atom is -0.481 e. The highest BCUT2D eigenvalue weighted by atomic mass is 35.5. The standard InChI is InChI=1S/C10H13ClN2O4S/c11-10-8(4-3-6-12-10)18(16,17)13-7-2-1-5-9(14)15/h3-4,6,13H,1-2,5,7H2,(H,14,15). The third kappa shape index (κ3) is 4.59. The van der Waals surface area contributed by atoms with Crippen LogP contribution in [0, 0.1) is 0 Å². The number of rotatable bonds is 7. The Morgan fingerprint density at radius 2 is 2.17 bits per heavy atom. The topological polar surface area (TPSA) is 96.4 Å². The van der Waals surface area contributed by atoms with E-state index < -0.39 is 16.0 Å². The summed E-state index contributed by atoms with van der Waals surface area (Å²) in [6.45, 7) is 0.167. The molecule has 100 valence electrons. The number of aliphatic carboxylic acids is 1. The summed E-state index contributed by atoms with van der Waals surface area (Å²) < 4.78 is 25.9. The normalized spacial score (nSPS) is 11.4. The highest BCUT2D eigenvalue weighted by Crippen LogP contribution is 2.17. The quantitative estimate of drug-likeness (QED) is 0.583. The summed E-state index contributed by atoms with van der Waals surface area (Å²) >= 11 is 5.68. The number of carbonyl (C=O) groups is 1. The van der Waals surface area contributed by atoms with Crippen LogP contribution in [-0.4, -0.2) is 31.0 Å². The molecule has 18 heavy (non-hydrogen) atoms. The lowest BCUT2D eigenvalue weighted by atomic mass is 10.2. The fourth-order valence-corrected chi connectivity index (χ4v) is 2.78. The van der Waals surface area contributed by atoms with Crippen molar-refractivity contribution in [2.45, 2.75) is 24.2 Å². The highest BCUT2D eigenvalue weighted by Gasteiger charge is 2.17. The van der Waals surface area contributed by atoms with Gasteiger partial charge in [0.15, 0.2) is 0 Å². The van der Waals surface area contributed by atoms with Gasteiger partial charge < -0.3 is 5.11 Å². The third-order valence-corrected chi connectivity index (χ3v) is 4.03. The van der Waals surface area contributed by atoms with Crippen molar-refractivity contribution in [3.05, 3.63) is 23.5 Å². The van der Waals surface area contributed by atoms with Gasteiger partial charge in [0, 0.05) is 19.2 Å². The molecular weight excluding hydrogens is 280 g/mol. The Bertz CT molecular complexity index is 518. The van der Waals surface area contributed by atoms with Gasteiger partial charge >= 0.3 is 5.97 Å². The smallest absolute Gasteiger partial charge is 0.303 e. The van der Waals surface area contributed by atoms with Crippen LogP contribution < -0.4 is 4.72 Å². The van der Waals surface area contributed by atoms with Crippen LogP contribution in [0.15, 0.2) is 23.2 Å². The van der Waals surface area contributed by atoms with Gasteiger partial charge in [-0.3, -0.25) is 4.79 Å². The van der Waals surface area contributed by atoms with E-state index in [2.05, 4.69) is 9.71 Å². The number of hydrogen-bond acceptors (Lipinski definition) is 4. The van der Waals surface area contributed by atoms with E-state index in [1.54, 1.807) is 0 Å². The molecule has 0 unspecified atom stereocenters. The predicted octanol–water partition coefficient (Wildman–Crippen LogP) is 1.27. The molecule has 1 heterocycles. The van der Waals surface area contributed by atoms with Crippen molar-refractivity contribution < 1.29 is 18.3 Å². The lowest BCUT2D eigenvalue weighted by Gasteiger charge is -2.06. The Balaban J connectivity index is 2.51. The van der Waals surface area contributed by atoms with E-state index in [1.807, 2.05) is 0 Å². The number of unbranched alkanes of at least 4 members (excludes halogenated alkanes) is 1. The molecule has 0 spiro atoms. The number of halogens is 1. The zero-order chi connectivity index (χ0) is 13.6. The molecule has 1 rings (SSSR count). The van der Waals surface area contributed by atoms with Crippen LogP contribution in [0.1, 0.15) is 19.3 Å². The molecule has 1 aromatic heterocycles. The van der Waals surface area contributed by atoms with Crippen LogP contribution >= 0.6 is 11.6 Å². The molecule has 0 atom stereocenters. The molecule has 6 nitrogen and oxygen atoms in total. The number of pyridine rings is 1. The number of aromatic nitrogens is 1. The molecule has 0 radical (unpaired) electrons. The third-order valence-electron chi connectivity index (χ3n) is 2.12. The van der Waals surface area contributed by atoms with E-state index in [-0.39, 0.29) is 23.0 Å². The van der Waals surface area contributed by atoms with Gasteiger partial charge in [-0.25, -0.2) is 18.1 Å². The Hall–Kier alpha value is -1.18. The lowest BCUT2D eigenvalue weighted by molar-refractivity contribution is -0.137. The number of sulfonamides is 1.